The molecule has 1 nitrogen and oxygen atoms in total. The fraction of sp³-hybridized carbons (Fsp3) is 0.333. The molecule has 106 valence electrons. The van der Waals surface area contributed by atoms with Crippen LogP contribution >= 0.6 is 11.8 Å². The molecule has 0 radical (unpaired) electrons. The van der Waals surface area contributed by atoms with Crippen LogP contribution in [0.15, 0.2) is 53.4 Å². The van der Waals surface area contributed by atoms with Crippen molar-refractivity contribution in [1.29, 1.82) is 0 Å². The molecule has 2 heteroatoms. The molecule has 20 heavy (non-hydrogen) atoms. The summed E-state index contributed by atoms with van der Waals surface area (Å²) in [5.74, 6) is 1.09. The average Bonchev–Trinajstić information content (AvgIpc) is 2.47. The van der Waals surface area contributed by atoms with Crippen LogP contribution in [0, 0.1) is 13.8 Å². The van der Waals surface area contributed by atoms with Gasteiger partial charge in [0.05, 0.1) is 0 Å². The van der Waals surface area contributed by atoms with Gasteiger partial charge < -0.3 is 5.32 Å². The first-order valence-corrected chi connectivity index (χ1v) is 8.09. The Bertz CT molecular complexity index is 533. The number of hydrogen-bond donors (Lipinski definition) is 1. The van der Waals surface area contributed by atoms with E-state index in [0.717, 1.165) is 12.2 Å². The summed E-state index contributed by atoms with van der Waals surface area (Å²) in [4.78, 5) is 1.39. The predicted octanol–water partition coefficient (Wildman–Crippen LogP) is 4.23. The number of aryl methyl sites for hydroxylation is 2. The number of likely N-dealkylation sites (N-methyl/N-ethyl adjacent to an activating group) is 1. The first-order chi connectivity index (χ1) is 9.69. The third kappa shape index (κ3) is 4.39. The zero-order chi connectivity index (χ0) is 14.4. The minimum atomic E-state index is 0.502. The number of hydrogen-bond acceptors (Lipinski definition) is 2. The lowest BCUT2D eigenvalue weighted by atomic mass is 10.1. The highest BCUT2D eigenvalue weighted by Gasteiger charge is 2.09. The Kier molecular flexibility index (Phi) is 5.69. The van der Waals surface area contributed by atoms with Crippen LogP contribution in [0.4, 0.5) is 0 Å². The summed E-state index contributed by atoms with van der Waals surface area (Å²) in [5, 5.41) is 3.43. The van der Waals surface area contributed by atoms with E-state index in [2.05, 4.69) is 74.7 Å². The standard InChI is InChI=1S/C18H23NS/c1-14-8-10-16(11-9-14)12-17(19-3)13-20-18-7-5-4-6-15(18)2/h4-11,17,19H,12-13H2,1-3H3. The van der Waals surface area contributed by atoms with Crippen LogP contribution in [-0.2, 0) is 6.42 Å². The van der Waals surface area contributed by atoms with Crippen molar-refractivity contribution in [2.75, 3.05) is 12.8 Å². The molecule has 2 aromatic rings. The van der Waals surface area contributed by atoms with Gasteiger partial charge in [-0.3, -0.25) is 0 Å². The molecule has 0 aliphatic heterocycles. The Balaban J connectivity index is 1.92. The van der Waals surface area contributed by atoms with E-state index in [4.69, 9.17) is 0 Å². The largest absolute Gasteiger partial charge is 0.316 e. The molecule has 1 atom stereocenters. The minimum Gasteiger partial charge on any atom is -0.316 e. The highest BCUT2D eigenvalue weighted by atomic mass is 32.2. The summed E-state index contributed by atoms with van der Waals surface area (Å²) in [6, 6.07) is 18.0. The van der Waals surface area contributed by atoms with Gasteiger partial charge in [0.2, 0.25) is 0 Å². The van der Waals surface area contributed by atoms with Gasteiger partial charge in [0.1, 0.15) is 0 Å². The van der Waals surface area contributed by atoms with Crippen LogP contribution in [0.1, 0.15) is 16.7 Å². The van der Waals surface area contributed by atoms with Gasteiger partial charge >= 0.3 is 0 Å². The summed E-state index contributed by atoms with van der Waals surface area (Å²) in [6.07, 6.45) is 1.08. The minimum absolute atomic E-state index is 0.502. The second-order valence-electron chi connectivity index (χ2n) is 5.25. The highest BCUT2D eigenvalue weighted by molar-refractivity contribution is 7.99. The molecule has 0 heterocycles. The van der Waals surface area contributed by atoms with Gasteiger partial charge in [0.15, 0.2) is 0 Å². The Morgan fingerprint density at radius 3 is 2.35 bits per heavy atom. The lowest BCUT2D eigenvalue weighted by molar-refractivity contribution is 0.617. The number of nitrogens with one attached hydrogen (secondary N) is 1. The van der Waals surface area contributed by atoms with Crippen molar-refractivity contribution in [1.82, 2.24) is 5.32 Å². The maximum absolute atomic E-state index is 3.43. The van der Waals surface area contributed by atoms with Crippen molar-refractivity contribution in [3.05, 3.63) is 65.2 Å². The van der Waals surface area contributed by atoms with Crippen molar-refractivity contribution in [2.24, 2.45) is 0 Å². The Hall–Kier alpha value is -1.25. The van der Waals surface area contributed by atoms with Gasteiger partial charge in [-0.15, -0.1) is 11.8 Å². The van der Waals surface area contributed by atoms with Crippen molar-refractivity contribution in [3.63, 3.8) is 0 Å². The van der Waals surface area contributed by atoms with E-state index >= 15 is 0 Å². The van der Waals surface area contributed by atoms with E-state index in [0.29, 0.717) is 6.04 Å². The van der Waals surface area contributed by atoms with E-state index in [1.807, 2.05) is 11.8 Å². The smallest absolute Gasteiger partial charge is 0.0199 e. The van der Waals surface area contributed by atoms with Crippen LogP contribution < -0.4 is 5.32 Å². The molecule has 2 aromatic carbocycles. The van der Waals surface area contributed by atoms with E-state index in [1.165, 1.54) is 21.6 Å². The van der Waals surface area contributed by atoms with Crippen LogP contribution in [0.3, 0.4) is 0 Å². The van der Waals surface area contributed by atoms with Gasteiger partial charge in [-0.2, -0.15) is 0 Å². The van der Waals surface area contributed by atoms with Crippen molar-refractivity contribution in [2.45, 2.75) is 31.2 Å². The average molecular weight is 285 g/mol. The topological polar surface area (TPSA) is 12.0 Å². The SMILES string of the molecule is CNC(CSc1ccccc1C)Cc1ccc(C)cc1. The lowest BCUT2D eigenvalue weighted by Gasteiger charge is -2.16. The number of benzene rings is 2. The number of rotatable bonds is 6. The molecule has 0 aliphatic carbocycles. The first kappa shape index (κ1) is 15.1. The Morgan fingerprint density at radius 2 is 1.70 bits per heavy atom. The van der Waals surface area contributed by atoms with Crippen LogP contribution in [0.5, 0.6) is 0 Å². The molecule has 0 aromatic heterocycles. The second-order valence-corrected chi connectivity index (χ2v) is 6.31. The number of thioether (sulfide) groups is 1. The third-order valence-electron chi connectivity index (χ3n) is 3.54. The van der Waals surface area contributed by atoms with E-state index in [9.17, 15) is 0 Å². The summed E-state index contributed by atoms with van der Waals surface area (Å²) < 4.78 is 0. The van der Waals surface area contributed by atoms with Gasteiger partial charge in [-0.05, 0) is 44.5 Å². The molecule has 0 saturated carbocycles. The zero-order valence-electron chi connectivity index (χ0n) is 12.5. The van der Waals surface area contributed by atoms with E-state index < -0.39 is 0 Å². The lowest BCUT2D eigenvalue weighted by Crippen LogP contribution is -2.30. The fourth-order valence-electron chi connectivity index (χ4n) is 2.16. The molecular formula is C18H23NS. The van der Waals surface area contributed by atoms with Gasteiger partial charge in [-0.1, -0.05) is 48.0 Å². The summed E-state index contributed by atoms with van der Waals surface area (Å²) >= 11 is 1.94. The highest BCUT2D eigenvalue weighted by Crippen LogP contribution is 2.23. The zero-order valence-corrected chi connectivity index (χ0v) is 13.3. The van der Waals surface area contributed by atoms with Gasteiger partial charge in [0, 0.05) is 16.7 Å². The van der Waals surface area contributed by atoms with Gasteiger partial charge in [0.25, 0.3) is 0 Å². The Labute approximate surface area is 126 Å². The molecule has 0 bridgehead atoms. The first-order valence-electron chi connectivity index (χ1n) is 7.10. The molecular weight excluding hydrogens is 262 g/mol. The van der Waals surface area contributed by atoms with Crippen LogP contribution in [0.2, 0.25) is 0 Å². The van der Waals surface area contributed by atoms with Gasteiger partial charge in [-0.25, -0.2) is 0 Å². The van der Waals surface area contributed by atoms with Crippen molar-refractivity contribution < 1.29 is 0 Å². The van der Waals surface area contributed by atoms with Crippen molar-refractivity contribution in [3.8, 4) is 0 Å². The van der Waals surface area contributed by atoms with Crippen molar-refractivity contribution >= 4 is 11.8 Å². The van der Waals surface area contributed by atoms with E-state index in [1.54, 1.807) is 0 Å². The normalized spacial score (nSPS) is 12.3. The molecule has 0 spiro atoms. The molecule has 0 fully saturated rings. The van der Waals surface area contributed by atoms with Crippen LogP contribution in [0.25, 0.3) is 0 Å². The molecule has 0 aliphatic rings. The molecule has 2 rings (SSSR count). The maximum atomic E-state index is 3.43. The van der Waals surface area contributed by atoms with Crippen LogP contribution in [-0.4, -0.2) is 18.8 Å². The van der Waals surface area contributed by atoms with E-state index in [-0.39, 0.29) is 0 Å². The molecule has 0 amide bonds. The summed E-state index contributed by atoms with van der Waals surface area (Å²) in [6.45, 7) is 4.31. The molecule has 0 saturated heterocycles. The predicted molar refractivity (Wildman–Crippen MR) is 89.6 cm³/mol. The Morgan fingerprint density at radius 1 is 1.00 bits per heavy atom. The second kappa shape index (κ2) is 7.51. The molecule has 1 unspecified atom stereocenters. The maximum Gasteiger partial charge on any atom is 0.0199 e. The summed E-state index contributed by atoms with van der Waals surface area (Å²) in [7, 11) is 2.05. The molecule has 1 N–H and O–H groups in total. The summed E-state index contributed by atoms with van der Waals surface area (Å²) in [5.41, 5.74) is 4.09. The quantitative estimate of drug-likeness (QED) is 0.797. The monoisotopic (exact) mass is 285 g/mol. The third-order valence-corrected chi connectivity index (χ3v) is 4.88. The fourth-order valence-corrected chi connectivity index (χ4v) is 3.30.